The summed E-state index contributed by atoms with van der Waals surface area (Å²) in [6.07, 6.45) is 1.89. The fourth-order valence-electron chi connectivity index (χ4n) is 3.11. The molecule has 0 bridgehead atoms. The van der Waals surface area contributed by atoms with E-state index in [4.69, 9.17) is 4.74 Å². The second kappa shape index (κ2) is 7.10. The highest BCUT2D eigenvalue weighted by atomic mass is 32.1. The minimum atomic E-state index is -0.332. The van der Waals surface area contributed by atoms with Gasteiger partial charge in [0.2, 0.25) is 11.0 Å². The number of hydrogen-bond acceptors (Lipinski definition) is 8. The maximum Gasteiger partial charge on any atom is 0.263 e. The first-order valence-electron chi connectivity index (χ1n) is 8.66. The molecule has 1 aliphatic heterocycles. The Hall–Kier alpha value is -2.17. The third kappa shape index (κ3) is 3.40. The van der Waals surface area contributed by atoms with Crippen LogP contribution in [0.2, 0.25) is 0 Å². The van der Waals surface area contributed by atoms with E-state index in [9.17, 15) is 9.59 Å². The molecule has 1 atom stereocenters. The molecular formula is C17H19N5O3S2. The van der Waals surface area contributed by atoms with Gasteiger partial charge in [0.25, 0.3) is 5.56 Å². The summed E-state index contributed by atoms with van der Waals surface area (Å²) in [4.78, 5) is 31.6. The van der Waals surface area contributed by atoms with Gasteiger partial charge in [-0.3, -0.25) is 19.5 Å². The van der Waals surface area contributed by atoms with Gasteiger partial charge in [-0.05, 0) is 39.2 Å². The van der Waals surface area contributed by atoms with Crippen molar-refractivity contribution in [2.75, 3.05) is 11.9 Å². The van der Waals surface area contributed by atoms with Crippen LogP contribution >= 0.6 is 22.7 Å². The van der Waals surface area contributed by atoms with Crippen molar-refractivity contribution in [2.24, 2.45) is 0 Å². The molecule has 3 aromatic heterocycles. The quantitative estimate of drug-likeness (QED) is 0.717. The number of nitrogens with one attached hydrogen (secondary N) is 1. The van der Waals surface area contributed by atoms with Gasteiger partial charge in [0, 0.05) is 11.5 Å². The zero-order chi connectivity index (χ0) is 19.1. The summed E-state index contributed by atoms with van der Waals surface area (Å²) in [5.74, 6) is 0.183. The highest BCUT2D eigenvalue weighted by Gasteiger charge is 2.23. The van der Waals surface area contributed by atoms with Gasteiger partial charge >= 0.3 is 0 Å². The van der Waals surface area contributed by atoms with Gasteiger partial charge in [-0.2, -0.15) is 0 Å². The topological polar surface area (TPSA) is 99.0 Å². The van der Waals surface area contributed by atoms with E-state index in [0.29, 0.717) is 16.3 Å². The first-order valence-corrected chi connectivity index (χ1v) is 10.3. The van der Waals surface area contributed by atoms with Crippen LogP contribution in [0, 0.1) is 20.8 Å². The predicted octanol–water partition coefficient (Wildman–Crippen LogP) is 2.72. The predicted molar refractivity (Wildman–Crippen MR) is 105 cm³/mol. The maximum atomic E-state index is 12.9. The van der Waals surface area contributed by atoms with Gasteiger partial charge in [0.05, 0.1) is 5.39 Å². The number of aromatic nitrogens is 4. The van der Waals surface area contributed by atoms with Crippen molar-refractivity contribution in [2.45, 2.75) is 46.3 Å². The lowest BCUT2D eigenvalue weighted by atomic mass is 10.2. The lowest BCUT2D eigenvalue weighted by Gasteiger charge is -2.09. The number of carbonyl (C=O) groups is 1. The second-order valence-corrected chi connectivity index (χ2v) is 8.72. The number of hydrogen-bond donors (Lipinski definition) is 1. The van der Waals surface area contributed by atoms with Crippen molar-refractivity contribution in [1.82, 2.24) is 19.7 Å². The molecule has 10 heteroatoms. The third-order valence-electron chi connectivity index (χ3n) is 4.67. The van der Waals surface area contributed by atoms with Gasteiger partial charge in [0.1, 0.15) is 28.3 Å². The number of nitrogens with zero attached hydrogens (tertiary/aromatic N) is 4. The Morgan fingerprint density at radius 3 is 2.85 bits per heavy atom. The Bertz CT molecular complexity index is 1080. The van der Waals surface area contributed by atoms with Crippen LogP contribution in [0.3, 0.4) is 0 Å². The van der Waals surface area contributed by atoms with E-state index in [0.717, 1.165) is 39.7 Å². The number of carbonyl (C=O) groups excluding carboxylic acids is 1. The summed E-state index contributed by atoms with van der Waals surface area (Å²) in [6.45, 7) is 6.22. The van der Waals surface area contributed by atoms with E-state index in [1.54, 1.807) is 6.92 Å². The molecule has 3 aromatic rings. The Morgan fingerprint density at radius 2 is 2.11 bits per heavy atom. The number of aryl methyl sites for hydroxylation is 3. The minimum absolute atomic E-state index is 0.0329. The lowest BCUT2D eigenvalue weighted by molar-refractivity contribution is -0.116. The summed E-state index contributed by atoms with van der Waals surface area (Å²) >= 11 is 2.80. The standard InChI is InChI=1S/C17H19N5O3S2/c1-8-9(2)26-15-13(8)16(24)22(10(3)18-15)7-12(23)19-17-21-20-14(27-17)11-5-4-6-25-11/h11H,4-7H2,1-3H3,(H,19,21,23). The van der Waals surface area contributed by atoms with Crippen LogP contribution < -0.4 is 10.9 Å². The second-order valence-electron chi connectivity index (χ2n) is 6.51. The SMILES string of the molecule is Cc1sc2nc(C)n(CC(=O)Nc3nnc(C4CCCO4)s3)c(=O)c2c1C. The van der Waals surface area contributed by atoms with Crippen LogP contribution in [-0.4, -0.2) is 32.3 Å². The first kappa shape index (κ1) is 18.2. The number of thiophene rings is 1. The van der Waals surface area contributed by atoms with Crippen molar-refractivity contribution in [1.29, 1.82) is 0 Å². The molecule has 0 aromatic carbocycles. The Morgan fingerprint density at radius 1 is 1.30 bits per heavy atom. The highest BCUT2D eigenvalue weighted by molar-refractivity contribution is 7.18. The number of rotatable bonds is 4. The molecule has 1 aliphatic rings. The molecule has 0 radical (unpaired) electrons. The van der Waals surface area contributed by atoms with Crippen LogP contribution in [-0.2, 0) is 16.1 Å². The number of ether oxygens (including phenoxy) is 1. The van der Waals surface area contributed by atoms with E-state index in [1.807, 2.05) is 13.8 Å². The molecule has 4 heterocycles. The summed E-state index contributed by atoms with van der Waals surface area (Å²) < 4.78 is 6.98. The molecule has 1 N–H and O–H groups in total. The van der Waals surface area contributed by atoms with Crippen molar-refractivity contribution in [3.8, 4) is 0 Å². The molecule has 142 valence electrons. The van der Waals surface area contributed by atoms with Crippen LogP contribution in [0.25, 0.3) is 10.2 Å². The van der Waals surface area contributed by atoms with E-state index < -0.39 is 0 Å². The van der Waals surface area contributed by atoms with Gasteiger partial charge in [-0.15, -0.1) is 21.5 Å². The van der Waals surface area contributed by atoms with Crippen LogP contribution in [0.15, 0.2) is 4.79 Å². The average Bonchev–Trinajstić information content (AvgIpc) is 3.33. The monoisotopic (exact) mass is 405 g/mol. The molecular weight excluding hydrogens is 386 g/mol. The van der Waals surface area contributed by atoms with E-state index in [-0.39, 0.29) is 24.1 Å². The van der Waals surface area contributed by atoms with Crippen molar-refractivity contribution in [3.63, 3.8) is 0 Å². The smallest absolute Gasteiger partial charge is 0.263 e. The fraction of sp³-hybridized carbons (Fsp3) is 0.471. The molecule has 1 fully saturated rings. The summed E-state index contributed by atoms with van der Waals surface area (Å²) in [5, 5.41) is 12.6. The lowest BCUT2D eigenvalue weighted by Crippen LogP contribution is -2.30. The molecule has 4 rings (SSSR count). The minimum Gasteiger partial charge on any atom is -0.371 e. The van der Waals surface area contributed by atoms with Crippen molar-refractivity contribution < 1.29 is 9.53 Å². The van der Waals surface area contributed by atoms with E-state index in [2.05, 4.69) is 20.5 Å². The van der Waals surface area contributed by atoms with E-state index in [1.165, 1.54) is 27.2 Å². The summed E-state index contributed by atoms with van der Waals surface area (Å²) in [7, 11) is 0. The maximum absolute atomic E-state index is 12.9. The molecule has 8 nitrogen and oxygen atoms in total. The Balaban J connectivity index is 1.54. The van der Waals surface area contributed by atoms with Gasteiger partial charge < -0.3 is 4.74 Å². The number of anilines is 1. The van der Waals surface area contributed by atoms with Crippen LogP contribution in [0.1, 0.15) is 40.2 Å². The third-order valence-corrected chi connectivity index (χ3v) is 6.71. The average molecular weight is 406 g/mol. The normalized spacial score (nSPS) is 16.9. The van der Waals surface area contributed by atoms with Crippen molar-refractivity contribution >= 4 is 43.9 Å². The van der Waals surface area contributed by atoms with Gasteiger partial charge in [-0.25, -0.2) is 4.98 Å². The largest absolute Gasteiger partial charge is 0.371 e. The molecule has 0 saturated carbocycles. The van der Waals surface area contributed by atoms with E-state index >= 15 is 0 Å². The zero-order valence-electron chi connectivity index (χ0n) is 15.2. The van der Waals surface area contributed by atoms with Gasteiger partial charge in [-0.1, -0.05) is 11.3 Å². The molecule has 1 saturated heterocycles. The first-order chi connectivity index (χ1) is 12.9. The summed E-state index contributed by atoms with van der Waals surface area (Å²) in [6, 6.07) is 0. The zero-order valence-corrected chi connectivity index (χ0v) is 16.9. The molecule has 0 spiro atoms. The fourth-order valence-corrected chi connectivity index (χ4v) is 5.01. The van der Waals surface area contributed by atoms with Crippen LogP contribution in [0.5, 0.6) is 0 Å². The molecule has 27 heavy (non-hydrogen) atoms. The molecule has 1 unspecified atom stereocenters. The van der Waals surface area contributed by atoms with Crippen LogP contribution in [0.4, 0.5) is 5.13 Å². The van der Waals surface area contributed by atoms with Gasteiger partial charge in [0.15, 0.2) is 0 Å². The molecule has 1 amide bonds. The highest BCUT2D eigenvalue weighted by Crippen LogP contribution is 2.32. The Kier molecular flexibility index (Phi) is 4.79. The number of amides is 1. The summed E-state index contributed by atoms with van der Waals surface area (Å²) in [5.41, 5.74) is 0.735. The Labute approximate surface area is 163 Å². The molecule has 0 aliphatic carbocycles. The number of fused-ring (bicyclic) bond motifs is 1. The van der Waals surface area contributed by atoms with Crippen molar-refractivity contribution in [3.05, 3.63) is 31.6 Å².